The van der Waals surface area contributed by atoms with Gasteiger partial charge in [0.25, 0.3) is 5.91 Å². The lowest BCUT2D eigenvalue weighted by Crippen LogP contribution is -2.48. The number of hydrogen-bond donors (Lipinski definition) is 2. The molecule has 0 aromatic carbocycles. The predicted octanol–water partition coefficient (Wildman–Crippen LogP) is 2.77. The highest BCUT2D eigenvalue weighted by atomic mass is 19.4. The summed E-state index contributed by atoms with van der Waals surface area (Å²) >= 11 is 0. The van der Waals surface area contributed by atoms with Crippen molar-refractivity contribution in [3.63, 3.8) is 0 Å². The molecular formula is C20H27F3N6O2. The third-order valence-corrected chi connectivity index (χ3v) is 5.61. The van der Waals surface area contributed by atoms with E-state index in [-0.39, 0.29) is 55.6 Å². The van der Waals surface area contributed by atoms with E-state index in [1.165, 1.54) is 35.0 Å². The first kappa shape index (κ1) is 23.1. The summed E-state index contributed by atoms with van der Waals surface area (Å²) in [5.41, 5.74) is 4.55. The predicted molar refractivity (Wildman–Crippen MR) is 106 cm³/mol. The summed E-state index contributed by atoms with van der Waals surface area (Å²) in [5.74, 6) is -1.11. The van der Waals surface area contributed by atoms with Gasteiger partial charge in [-0.25, -0.2) is 0 Å². The number of primary amides is 1. The summed E-state index contributed by atoms with van der Waals surface area (Å²) in [6.45, 7) is -0.739. The second-order valence-corrected chi connectivity index (χ2v) is 8.47. The van der Waals surface area contributed by atoms with E-state index in [1.807, 2.05) is 0 Å². The Hall–Kier alpha value is -2.61. The number of amides is 2. The fraction of sp³-hybridized carbons (Fsp3) is 0.700. The number of anilines is 1. The third kappa shape index (κ3) is 6.43. The molecule has 0 bridgehead atoms. The molecule has 8 nitrogen and oxygen atoms in total. The molecule has 11 heteroatoms. The topological polar surface area (TPSA) is 117 Å². The number of rotatable bonds is 6. The number of nitrogens with zero attached hydrogens (tertiary/aromatic N) is 4. The molecule has 1 aromatic heterocycles. The van der Waals surface area contributed by atoms with Gasteiger partial charge in [0, 0.05) is 25.2 Å². The van der Waals surface area contributed by atoms with Crippen LogP contribution in [0, 0.1) is 17.2 Å². The summed E-state index contributed by atoms with van der Waals surface area (Å²) < 4.78 is 39.3. The number of aromatic nitrogens is 2. The molecule has 2 heterocycles. The van der Waals surface area contributed by atoms with Gasteiger partial charge in [0.2, 0.25) is 5.91 Å². The Morgan fingerprint density at radius 3 is 2.32 bits per heavy atom. The van der Waals surface area contributed by atoms with Crippen LogP contribution in [0.1, 0.15) is 61.7 Å². The number of carbonyl (C=O) groups excluding carboxylic acids is 2. The van der Waals surface area contributed by atoms with Crippen LogP contribution in [0.5, 0.6) is 0 Å². The average Bonchev–Trinajstić information content (AvgIpc) is 3.59. The van der Waals surface area contributed by atoms with Crippen LogP contribution in [-0.4, -0.2) is 52.3 Å². The summed E-state index contributed by atoms with van der Waals surface area (Å²) in [7, 11) is 0. The summed E-state index contributed by atoms with van der Waals surface area (Å²) in [5, 5.41) is 16.1. The Labute approximate surface area is 178 Å². The van der Waals surface area contributed by atoms with E-state index in [4.69, 9.17) is 5.73 Å². The minimum Gasteiger partial charge on any atom is -0.365 e. The van der Waals surface area contributed by atoms with Crippen molar-refractivity contribution in [2.75, 3.05) is 25.0 Å². The molecule has 31 heavy (non-hydrogen) atoms. The minimum absolute atomic E-state index is 0.0166. The normalized spacial score (nSPS) is 20.2. The van der Waals surface area contributed by atoms with Crippen LogP contribution in [-0.2, 0) is 10.3 Å². The number of piperidine rings is 1. The van der Waals surface area contributed by atoms with Crippen molar-refractivity contribution in [3.8, 4) is 6.07 Å². The molecule has 0 atom stereocenters. The minimum atomic E-state index is -4.29. The number of halogens is 3. The van der Waals surface area contributed by atoms with Crippen LogP contribution in [0.2, 0.25) is 0 Å². The van der Waals surface area contributed by atoms with E-state index in [9.17, 15) is 28.0 Å². The smallest absolute Gasteiger partial charge is 0.365 e. The molecular weight excluding hydrogens is 413 g/mol. The van der Waals surface area contributed by atoms with Gasteiger partial charge in [0.05, 0.1) is 24.6 Å². The van der Waals surface area contributed by atoms with Crippen molar-refractivity contribution in [1.29, 1.82) is 5.26 Å². The molecule has 0 unspecified atom stereocenters. The maximum absolute atomic E-state index is 12.6. The van der Waals surface area contributed by atoms with Crippen LogP contribution in [0.15, 0.2) is 6.20 Å². The number of alkyl halides is 3. The first-order chi connectivity index (χ1) is 14.6. The summed E-state index contributed by atoms with van der Waals surface area (Å²) in [6.07, 6.45) is 3.65. The van der Waals surface area contributed by atoms with Crippen molar-refractivity contribution >= 4 is 17.6 Å². The molecule has 1 aromatic rings. The highest BCUT2D eigenvalue weighted by molar-refractivity contribution is 6.02. The van der Waals surface area contributed by atoms with E-state index in [1.54, 1.807) is 0 Å². The molecule has 3 fully saturated rings. The number of nitrogens with one attached hydrogen (secondary N) is 1. The lowest BCUT2D eigenvalue weighted by molar-refractivity contribution is -0.150. The van der Waals surface area contributed by atoms with E-state index < -0.39 is 24.2 Å². The van der Waals surface area contributed by atoms with Crippen LogP contribution in [0.4, 0.5) is 19.0 Å². The lowest BCUT2D eigenvalue weighted by atomic mass is 9.85. The first-order valence-corrected chi connectivity index (χ1v) is 10.5. The molecule has 1 aliphatic heterocycles. The van der Waals surface area contributed by atoms with E-state index in [0.717, 1.165) is 12.8 Å². The molecule has 170 valence electrons. The van der Waals surface area contributed by atoms with Gasteiger partial charge in [-0.3, -0.25) is 19.2 Å². The Morgan fingerprint density at radius 2 is 1.87 bits per heavy atom. The standard InChI is InChI=1S/C17H21F3N6O2.C3H6/c18-17(19,20)10-25-7-4-16(3-6-21,5-8-25)26-9-12(13(22)27)14(24-26)23-15(28)11-1-2-11;1-2-3-1/h9,11H,1-5,7-8,10H2,(H2,22,27)(H,23,24,28);1-3H2. The number of carbonyl (C=O) groups is 2. The van der Waals surface area contributed by atoms with Gasteiger partial charge < -0.3 is 11.1 Å². The van der Waals surface area contributed by atoms with Crippen LogP contribution < -0.4 is 11.1 Å². The molecule has 3 N–H and O–H groups in total. The van der Waals surface area contributed by atoms with Gasteiger partial charge in [-0.2, -0.15) is 23.5 Å². The van der Waals surface area contributed by atoms with Gasteiger partial charge in [-0.05, 0) is 25.7 Å². The molecule has 0 radical (unpaired) electrons. The van der Waals surface area contributed by atoms with Gasteiger partial charge >= 0.3 is 6.18 Å². The number of nitriles is 1. The van der Waals surface area contributed by atoms with Gasteiger partial charge in [-0.15, -0.1) is 0 Å². The molecule has 2 aliphatic carbocycles. The quantitative estimate of drug-likeness (QED) is 0.705. The molecule has 4 rings (SSSR count). The van der Waals surface area contributed by atoms with Crippen molar-refractivity contribution in [2.45, 2.75) is 63.1 Å². The number of likely N-dealkylation sites (tertiary alicyclic amines) is 1. The maximum atomic E-state index is 12.6. The fourth-order valence-corrected chi connectivity index (χ4v) is 3.47. The second-order valence-electron chi connectivity index (χ2n) is 8.47. The zero-order valence-electron chi connectivity index (χ0n) is 17.2. The van der Waals surface area contributed by atoms with Crippen LogP contribution in [0.25, 0.3) is 0 Å². The maximum Gasteiger partial charge on any atom is 0.401 e. The van der Waals surface area contributed by atoms with E-state index in [2.05, 4.69) is 16.5 Å². The van der Waals surface area contributed by atoms with Gasteiger partial charge in [-0.1, -0.05) is 19.3 Å². The van der Waals surface area contributed by atoms with Crippen LogP contribution >= 0.6 is 0 Å². The summed E-state index contributed by atoms with van der Waals surface area (Å²) in [4.78, 5) is 25.1. The first-order valence-electron chi connectivity index (χ1n) is 10.5. The zero-order valence-corrected chi connectivity index (χ0v) is 17.2. The average molecular weight is 440 g/mol. The molecule has 0 spiro atoms. The second kappa shape index (κ2) is 9.26. The van der Waals surface area contributed by atoms with Gasteiger partial charge in [0.15, 0.2) is 5.82 Å². The molecule has 1 saturated heterocycles. The number of hydrogen-bond acceptors (Lipinski definition) is 5. The Kier molecular flexibility index (Phi) is 6.89. The molecule has 2 amide bonds. The monoisotopic (exact) mass is 440 g/mol. The molecule has 3 aliphatic rings. The third-order valence-electron chi connectivity index (χ3n) is 5.61. The Bertz CT molecular complexity index is 843. The van der Waals surface area contributed by atoms with Crippen molar-refractivity contribution in [1.82, 2.24) is 14.7 Å². The Balaban J connectivity index is 0.000000834. The van der Waals surface area contributed by atoms with E-state index >= 15 is 0 Å². The van der Waals surface area contributed by atoms with E-state index in [0.29, 0.717) is 0 Å². The number of nitrogens with two attached hydrogens (primary N) is 1. The zero-order chi connectivity index (χ0) is 22.6. The van der Waals surface area contributed by atoms with Gasteiger partial charge in [0.1, 0.15) is 5.56 Å². The Morgan fingerprint density at radius 1 is 1.26 bits per heavy atom. The molecule has 2 saturated carbocycles. The lowest BCUT2D eigenvalue weighted by Gasteiger charge is -2.40. The summed E-state index contributed by atoms with van der Waals surface area (Å²) in [6, 6.07) is 2.06. The van der Waals surface area contributed by atoms with Crippen molar-refractivity contribution in [2.24, 2.45) is 11.7 Å². The highest BCUT2D eigenvalue weighted by Gasteiger charge is 2.41. The van der Waals surface area contributed by atoms with Crippen LogP contribution in [0.3, 0.4) is 0 Å². The fourth-order valence-electron chi connectivity index (χ4n) is 3.47. The van der Waals surface area contributed by atoms with Crippen molar-refractivity contribution < 1.29 is 22.8 Å². The SMILES string of the molecule is C1CC1.N#CCC1(n2cc(C(N)=O)c(NC(=O)C3CC3)n2)CCN(CC(F)(F)F)CC1. The largest absolute Gasteiger partial charge is 0.401 e. The van der Waals surface area contributed by atoms with Crippen molar-refractivity contribution in [3.05, 3.63) is 11.8 Å². The highest BCUT2D eigenvalue weighted by Crippen LogP contribution is 2.36.